The number of hydrogen-bond donors (Lipinski definition) is 1. The summed E-state index contributed by atoms with van der Waals surface area (Å²) in [5.41, 5.74) is 2.84. The minimum Gasteiger partial charge on any atom is -0.497 e. The number of aromatic nitrogens is 2. The molecule has 0 bridgehead atoms. The number of ether oxygens (including phenoxy) is 1. The van der Waals surface area contributed by atoms with Gasteiger partial charge >= 0.3 is 0 Å². The van der Waals surface area contributed by atoms with E-state index in [4.69, 9.17) is 9.73 Å². The van der Waals surface area contributed by atoms with Crippen LogP contribution in [-0.4, -0.2) is 53.9 Å². The zero-order valence-corrected chi connectivity index (χ0v) is 22.0. The van der Waals surface area contributed by atoms with Crippen molar-refractivity contribution in [1.82, 2.24) is 20.0 Å². The van der Waals surface area contributed by atoms with Gasteiger partial charge in [-0.1, -0.05) is 25.0 Å². The largest absolute Gasteiger partial charge is 0.497 e. The summed E-state index contributed by atoms with van der Waals surface area (Å²) in [6, 6.07) is 8.63. The Morgan fingerprint density at radius 1 is 1.31 bits per heavy atom. The fourth-order valence-electron chi connectivity index (χ4n) is 5.30. The monoisotopic (exact) mass is 551 g/mol. The molecule has 4 rings (SSSR count). The van der Waals surface area contributed by atoms with Gasteiger partial charge in [0.2, 0.25) is 0 Å². The van der Waals surface area contributed by atoms with Crippen molar-refractivity contribution >= 4 is 29.9 Å². The first-order valence-corrected chi connectivity index (χ1v) is 11.8. The molecular formula is C25H38IN5O. The first-order valence-electron chi connectivity index (χ1n) is 11.8. The van der Waals surface area contributed by atoms with Crippen molar-refractivity contribution in [2.24, 2.45) is 18.0 Å². The molecule has 0 amide bonds. The molecule has 2 heterocycles. The zero-order valence-electron chi connectivity index (χ0n) is 19.7. The SMILES string of the molecule is CCNC(=NCC1(c2cccc(OC)c2)CCCC1)N1CCC(Cc2cnn(C)c2)C1.I. The van der Waals surface area contributed by atoms with E-state index in [1.54, 1.807) is 7.11 Å². The van der Waals surface area contributed by atoms with Gasteiger partial charge in [0, 0.05) is 38.3 Å². The average molecular weight is 552 g/mol. The Morgan fingerprint density at radius 3 is 2.81 bits per heavy atom. The van der Waals surface area contributed by atoms with Gasteiger partial charge in [-0.05, 0) is 61.8 Å². The second kappa shape index (κ2) is 11.4. The van der Waals surface area contributed by atoms with Gasteiger partial charge < -0.3 is 15.0 Å². The van der Waals surface area contributed by atoms with Gasteiger partial charge in [-0.15, -0.1) is 24.0 Å². The number of hydrogen-bond acceptors (Lipinski definition) is 3. The van der Waals surface area contributed by atoms with Gasteiger partial charge in [0.25, 0.3) is 0 Å². The fourth-order valence-corrected chi connectivity index (χ4v) is 5.30. The van der Waals surface area contributed by atoms with E-state index in [-0.39, 0.29) is 29.4 Å². The van der Waals surface area contributed by atoms with Gasteiger partial charge in [0.05, 0.1) is 19.9 Å². The predicted octanol–water partition coefficient (Wildman–Crippen LogP) is 4.39. The summed E-state index contributed by atoms with van der Waals surface area (Å²) in [6.45, 7) is 6.03. The number of aliphatic imine (C=N–C) groups is 1. The number of benzene rings is 1. The van der Waals surface area contributed by atoms with Crippen LogP contribution in [0.2, 0.25) is 0 Å². The topological polar surface area (TPSA) is 54.7 Å². The molecule has 1 N–H and O–H groups in total. The molecule has 2 aromatic rings. The van der Waals surface area contributed by atoms with E-state index in [2.05, 4.69) is 46.6 Å². The summed E-state index contributed by atoms with van der Waals surface area (Å²) >= 11 is 0. The Morgan fingerprint density at radius 2 is 2.12 bits per heavy atom. The number of rotatable bonds is 7. The molecule has 2 aliphatic rings. The van der Waals surface area contributed by atoms with Crippen molar-refractivity contribution in [2.45, 2.75) is 50.9 Å². The van der Waals surface area contributed by atoms with Crippen LogP contribution in [0.5, 0.6) is 5.75 Å². The van der Waals surface area contributed by atoms with E-state index in [1.807, 2.05) is 24.0 Å². The van der Waals surface area contributed by atoms with E-state index < -0.39 is 0 Å². The van der Waals surface area contributed by atoms with Gasteiger partial charge in [0.15, 0.2) is 5.96 Å². The summed E-state index contributed by atoms with van der Waals surface area (Å²) in [6.07, 6.45) is 11.4. The van der Waals surface area contributed by atoms with Crippen LogP contribution in [0.15, 0.2) is 41.7 Å². The lowest BCUT2D eigenvalue weighted by atomic mass is 9.79. The first kappa shape index (κ1) is 24.9. The Bertz CT molecular complexity index is 890. The lowest BCUT2D eigenvalue weighted by Gasteiger charge is -2.30. The van der Waals surface area contributed by atoms with Crippen molar-refractivity contribution < 1.29 is 4.74 Å². The van der Waals surface area contributed by atoms with E-state index in [9.17, 15) is 0 Å². The van der Waals surface area contributed by atoms with Gasteiger partial charge in [-0.2, -0.15) is 5.10 Å². The molecule has 6 nitrogen and oxygen atoms in total. The highest BCUT2D eigenvalue weighted by atomic mass is 127. The zero-order chi connectivity index (χ0) is 21.7. The van der Waals surface area contributed by atoms with Crippen molar-refractivity contribution in [2.75, 3.05) is 33.3 Å². The molecule has 0 radical (unpaired) electrons. The molecule has 1 aliphatic carbocycles. The Balaban J connectivity index is 0.00000289. The molecule has 1 aromatic heterocycles. The second-order valence-electron chi connectivity index (χ2n) is 9.22. The van der Waals surface area contributed by atoms with Crippen LogP contribution in [0.3, 0.4) is 0 Å². The van der Waals surface area contributed by atoms with Crippen molar-refractivity contribution in [1.29, 1.82) is 0 Å². The summed E-state index contributed by atoms with van der Waals surface area (Å²) in [5, 5.41) is 7.89. The lowest BCUT2D eigenvalue weighted by molar-refractivity contribution is 0.406. The van der Waals surface area contributed by atoms with E-state index in [0.29, 0.717) is 5.92 Å². The van der Waals surface area contributed by atoms with Crippen LogP contribution in [0.1, 0.15) is 50.2 Å². The molecule has 1 aromatic carbocycles. The van der Waals surface area contributed by atoms with Crippen LogP contribution in [-0.2, 0) is 18.9 Å². The number of nitrogens with zero attached hydrogens (tertiary/aromatic N) is 4. The van der Waals surface area contributed by atoms with Gasteiger partial charge in [-0.25, -0.2) is 0 Å². The molecule has 2 fully saturated rings. The Labute approximate surface area is 209 Å². The van der Waals surface area contributed by atoms with Crippen LogP contribution in [0.25, 0.3) is 0 Å². The smallest absolute Gasteiger partial charge is 0.193 e. The minimum atomic E-state index is 0. The summed E-state index contributed by atoms with van der Waals surface area (Å²) in [4.78, 5) is 7.66. The number of guanidine groups is 1. The minimum absolute atomic E-state index is 0. The highest BCUT2D eigenvalue weighted by Gasteiger charge is 2.36. The van der Waals surface area contributed by atoms with Crippen molar-refractivity contribution in [3.8, 4) is 5.75 Å². The second-order valence-corrected chi connectivity index (χ2v) is 9.22. The quantitative estimate of drug-likeness (QED) is 0.315. The van der Waals surface area contributed by atoms with E-state index in [0.717, 1.165) is 44.3 Å². The number of nitrogens with one attached hydrogen (secondary N) is 1. The number of methoxy groups -OCH3 is 1. The fraction of sp³-hybridized carbons (Fsp3) is 0.600. The van der Waals surface area contributed by atoms with Crippen LogP contribution in [0, 0.1) is 5.92 Å². The van der Waals surface area contributed by atoms with Crippen LogP contribution in [0.4, 0.5) is 0 Å². The van der Waals surface area contributed by atoms with Gasteiger partial charge in [0.1, 0.15) is 5.75 Å². The molecule has 1 saturated heterocycles. The first-order chi connectivity index (χ1) is 15.1. The van der Waals surface area contributed by atoms with E-state index in [1.165, 1.54) is 43.2 Å². The van der Waals surface area contributed by atoms with Crippen molar-refractivity contribution in [3.05, 3.63) is 47.8 Å². The van der Waals surface area contributed by atoms with Gasteiger partial charge in [-0.3, -0.25) is 9.67 Å². The van der Waals surface area contributed by atoms with Crippen LogP contribution < -0.4 is 10.1 Å². The standard InChI is InChI=1S/C25H37N5O.HI/c1-4-26-24(30-13-10-20(18-30)14-21-16-28-29(2)17-21)27-19-25(11-5-6-12-25)22-8-7-9-23(15-22)31-3;/h7-9,15-17,20H,4-6,10-14,18-19H2,1-3H3,(H,26,27);1H. The molecular weight excluding hydrogens is 513 g/mol. The Kier molecular flexibility index (Phi) is 8.85. The number of halogens is 1. The number of likely N-dealkylation sites (tertiary alicyclic amines) is 1. The van der Waals surface area contributed by atoms with Crippen molar-refractivity contribution in [3.63, 3.8) is 0 Å². The molecule has 1 unspecified atom stereocenters. The Hall–Kier alpha value is -1.77. The molecule has 32 heavy (non-hydrogen) atoms. The third-order valence-electron chi connectivity index (χ3n) is 6.98. The average Bonchev–Trinajstić information content (AvgIpc) is 3.54. The molecule has 7 heteroatoms. The normalized spacial score (nSPS) is 20.3. The maximum atomic E-state index is 5.50. The maximum Gasteiger partial charge on any atom is 0.193 e. The maximum absolute atomic E-state index is 5.50. The molecule has 1 aliphatic heterocycles. The summed E-state index contributed by atoms with van der Waals surface area (Å²) < 4.78 is 7.40. The predicted molar refractivity (Wildman–Crippen MR) is 141 cm³/mol. The van der Waals surface area contributed by atoms with Crippen LogP contribution >= 0.6 is 24.0 Å². The summed E-state index contributed by atoms with van der Waals surface area (Å²) in [7, 11) is 3.73. The van der Waals surface area contributed by atoms with E-state index >= 15 is 0 Å². The summed E-state index contributed by atoms with van der Waals surface area (Å²) in [5.74, 6) is 2.68. The molecule has 1 saturated carbocycles. The third-order valence-corrected chi connectivity index (χ3v) is 6.98. The molecule has 176 valence electrons. The lowest BCUT2D eigenvalue weighted by Crippen LogP contribution is -2.41. The highest BCUT2D eigenvalue weighted by Crippen LogP contribution is 2.42. The molecule has 1 atom stereocenters. The number of aryl methyl sites for hydroxylation is 1. The highest BCUT2D eigenvalue weighted by molar-refractivity contribution is 14.0. The third kappa shape index (κ3) is 5.77. The molecule has 0 spiro atoms.